The third-order valence-electron chi connectivity index (χ3n) is 5.10. The zero-order chi connectivity index (χ0) is 18.6. The minimum absolute atomic E-state index is 0.461. The lowest BCUT2D eigenvalue weighted by Gasteiger charge is -2.22. The first-order valence-electron chi connectivity index (χ1n) is 9.31. The Kier molecular flexibility index (Phi) is 5.23. The number of benzene rings is 2. The number of aromatic nitrogens is 2. The van der Waals surface area contributed by atoms with Crippen molar-refractivity contribution in [1.82, 2.24) is 14.7 Å². The van der Waals surface area contributed by atoms with Crippen LogP contribution in [0, 0.1) is 0 Å². The van der Waals surface area contributed by atoms with Gasteiger partial charge in [-0.05, 0) is 37.7 Å². The lowest BCUT2D eigenvalue weighted by atomic mass is 10.1. The largest absolute Gasteiger partial charge is 0.497 e. The van der Waals surface area contributed by atoms with Crippen molar-refractivity contribution in [2.45, 2.75) is 19.0 Å². The quantitative estimate of drug-likeness (QED) is 0.668. The molecule has 2 aromatic carbocycles. The highest BCUT2D eigenvalue weighted by atomic mass is 16.5. The third kappa shape index (κ3) is 3.89. The fraction of sp³-hybridized carbons (Fsp3) is 0.318. The summed E-state index contributed by atoms with van der Waals surface area (Å²) in [6.45, 7) is 2.48. The molecule has 1 atom stereocenters. The molecule has 0 amide bonds. The minimum Gasteiger partial charge on any atom is -0.497 e. The first-order chi connectivity index (χ1) is 13.2. The molecular weight excluding hydrogens is 338 g/mol. The van der Waals surface area contributed by atoms with E-state index in [0.29, 0.717) is 6.04 Å². The molecular formula is C22H25N3O2. The zero-order valence-corrected chi connectivity index (χ0v) is 15.8. The Morgan fingerprint density at radius 3 is 2.78 bits per heavy atom. The summed E-state index contributed by atoms with van der Waals surface area (Å²) < 4.78 is 12.9. The van der Waals surface area contributed by atoms with Crippen LogP contribution < -0.4 is 4.74 Å². The first kappa shape index (κ1) is 17.8. The van der Waals surface area contributed by atoms with E-state index < -0.39 is 0 Å². The average molecular weight is 363 g/mol. The van der Waals surface area contributed by atoms with Gasteiger partial charge in [0.1, 0.15) is 5.75 Å². The number of ether oxygens (including phenoxy) is 2. The number of para-hydroxylation sites is 1. The maximum Gasteiger partial charge on any atom is 0.119 e. The molecule has 0 saturated carbocycles. The summed E-state index contributed by atoms with van der Waals surface area (Å²) in [5, 5.41) is 4.91. The monoisotopic (exact) mass is 363 g/mol. The van der Waals surface area contributed by atoms with Crippen molar-refractivity contribution in [3.8, 4) is 22.7 Å². The van der Waals surface area contributed by atoms with Gasteiger partial charge in [-0.15, -0.1) is 0 Å². The molecule has 1 aromatic heterocycles. The Labute approximate surface area is 160 Å². The maximum absolute atomic E-state index is 5.56. The van der Waals surface area contributed by atoms with Gasteiger partial charge in [-0.25, -0.2) is 4.68 Å². The molecule has 140 valence electrons. The molecule has 0 unspecified atom stereocenters. The van der Waals surface area contributed by atoms with Crippen molar-refractivity contribution in [1.29, 1.82) is 0 Å². The molecule has 1 fully saturated rings. The van der Waals surface area contributed by atoms with E-state index in [-0.39, 0.29) is 0 Å². The number of hydrogen-bond donors (Lipinski definition) is 0. The summed E-state index contributed by atoms with van der Waals surface area (Å²) in [7, 11) is 3.85. The summed E-state index contributed by atoms with van der Waals surface area (Å²) in [5.74, 6) is 0.838. The van der Waals surface area contributed by atoms with E-state index in [1.807, 2.05) is 41.1 Å². The van der Waals surface area contributed by atoms with Gasteiger partial charge in [-0.2, -0.15) is 5.10 Å². The lowest BCUT2D eigenvalue weighted by molar-refractivity contribution is 0.156. The molecule has 0 spiro atoms. The average Bonchev–Trinajstić information content (AvgIpc) is 3.39. The van der Waals surface area contributed by atoms with Gasteiger partial charge in [0.15, 0.2) is 0 Å². The number of rotatable bonds is 6. The summed E-state index contributed by atoms with van der Waals surface area (Å²) in [4.78, 5) is 2.36. The Balaban J connectivity index is 1.71. The van der Waals surface area contributed by atoms with E-state index in [9.17, 15) is 0 Å². The molecule has 1 aliphatic heterocycles. The predicted octanol–water partition coefficient (Wildman–Crippen LogP) is 3.77. The minimum atomic E-state index is 0.461. The van der Waals surface area contributed by atoms with Crippen molar-refractivity contribution in [3.05, 3.63) is 66.4 Å². The van der Waals surface area contributed by atoms with E-state index in [2.05, 4.69) is 36.3 Å². The molecule has 5 nitrogen and oxygen atoms in total. The number of likely N-dealkylation sites (N-methyl/N-ethyl adjacent to an activating group) is 1. The molecule has 5 heteroatoms. The van der Waals surface area contributed by atoms with Gasteiger partial charge in [-0.1, -0.05) is 30.3 Å². The van der Waals surface area contributed by atoms with E-state index in [1.165, 1.54) is 5.56 Å². The van der Waals surface area contributed by atoms with Crippen LogP contribution in [0.2, 0.25) is 0 Å². The molecule has 2 heterocycles. The lowest BCUT2D eigenvalue weighted by Crippen LogP contribution is -2.31. The molecule has 0 N–H and O–H groups in total. The second-order valence-corrected chi connectivity index (χ2v) is 6.95. The normalized spacial score (nSPS) is 16.8. The fourth-order valence-corrected chi connectivity index (χ4v) is 3.52. The van der Waals surface area contributed by atoms with Gasteiger partial charge < -0.3 is 9.47 Å². The van der Waals surface area contributed by atoms with Gasteiger partial charge in [0.05, 0.1) is 25.1 Å². The first-order valence-corrected chi connectivity index (χ1v) is 9.31. The second kappa shape index (κ2) is 7.94. The van der Waals surface area contributed by atoms with Crippen LogP contribution in [0.5, 0.6) is 5.75 Å². The third-order valence-corrected chi connectivity index (χ3v) is 5.10. The summed E-state index contributed by atoms with van der Waals surface area (Å²) >= 11 is 0. The van der Waals surface area contributed by atoms with Crippen LogP contribution in [-0.4, -0.2) is 48.1 Å². The fourth-order valence-electron chi connectivity index (χ4n) is 3.52. The molecule has 1 aliphatic rings. The molecule has 1 saturated heterocycles. The molecule has 0 aliphatic carbocycles. The molecule has 4 rings (SSSR count). The zero-order valence-electron chi connectivity index (χ0n) is 15.8. The number of methoxy groups -OCH3 is 1. The van der Waals surface area contributed by atoms with E-state index in [0.717, 1.165) is 48.9 Å². The van der Waals surface area contributed by atoms with Crippen LogP contribution in [0.25, 0.3) is 16.9 Å². The smallest absolute Gasteiger partial charge is 0.119 e. The van der Waals surface area contributed by atoms with Gasteiger partial charge in [-0.3, -0.25) is 4.90 Å². The van der Waals surface area contributed by atoms with Gasteiger partial charge in [0, 0.05) is 36.5 Å². The van der Waals surface area contributed by atoms with Gasteiger partial charge in [0.25, 0.3) is 0 Å². The maximum atomic E-state index is 5.56. The van der Waals surface area contributed by atoms with Crippen molar-refractivity contribution in [2.75, 3.05) is 27.4 Å². The van der Waals surface area contributed by atoms with Crippen LogP contribution in [0.3, 0.4) is 0 Å². The molecule has 0 radical (unpaired) electrons. The highest BCUT2D eigenvalue weighted by Gasteiger charge is 2.22. The van der Waals surface area contributed by atoms with Crippen molar-refractivity contribution < 1.29 is 9.47 Å². The van der Waals surface area contributed by atoms with Crippen LogP contribution >= 0.6 is 0 Å². The standard InChI is InChI=1S/C22H25N3O2/c1-24(20-11-12-27-16-20)14-18-15-25(19-8-4-3-5-9-19)23-22(18)17-7-6-10-21(13-17)26-2/h3-10,13,15,20H,11-12,14,16H2,1-2H3/t20-/m0/s1. The van der Waals surface area contributed by atoms with E-state index in [4.69, 9.17) is 14.6 Å². The molecule has 3 aromatic rings. The molecule has 27 heavy (non-hydrogen) atoms. The van der Waals surface area contributed by atoms with Crippen molar-refractivity contribution >= 4 is 0 Å². The van der Waals surface area contributed by atoms with Crippen LogP contribution in [-0.2, 0) is 11.3 Å². The van der Waals surface area contributed by atoms with Crippen LogP contribution in [0.15, 0.2) is 60.8 Å². The Morgan fingerprint density at radius 1 is 1.19 bits per heavy atom. The highest BCUT2D eigenvalue weighted by Crippen LogP contribution is 2.28. The Bertz CT molecular complexity index is 886. The Hall–Kier alpha value is -2.63. The highest BCUT2D eigenvalue weighted by molar-refractivity contribution is 5.65. The van der Waals surface area contributed by atoms with Crippen molar-refractivity contribution in [3.63, 3.8) is 0 Å². The van der Waals surface area contributed by atoms with E-state index >= 15 is 0 Å². The SMILES string of the molecule is COc1cccc(-c2nn(-c3ccccc3)cc2CN(C)[C@H]2CCOC2)c1. The van der Waals surface area contributed by atoms with Crippen LogP contribution in [0.1, 0.15) is 12.0 Å². The van der Waals surface area contributed by atoms with Crippen LogP contribution in [0.4, 0.5) is 0 Å². The summed E-state index contributed by atoms with van der Waals surface area (Å²) in [5.41, 5.74) is 4.31. The van der Waals surface area contributed by atoms with Crippen molar-refractivity contribution in [2.24, 2.45) is 0 Å². The second-order valence-electron chi connectivity index (χ2n) is 6.95. The number of hydrogen-bond acceptors (Lipinski definition) is 4. The Morgan fingerprint density at radius 2 is 2.04 bits per heavy atom. The summed E-state index contributed by atoms with van der Waals surface area (Å²) in [6, 6.07) is 18.8. The van der Waals surface area contributed by atoms with E-state index in [1.54, 1.807) is 7.11 Å². The summed E-state index contributed by atoms with van der Waals surface area (Å²) in [6.07, 6.45) is 3.22. The van der Waals surface area contributed by atoms with Gasteiger partial charge in [0.2, 0.25) is 0 Å². The van der Waals surface area contributed by atoms with Gasteiger partial charge >= 0.3 is 0 Å². The topological polar surface area (TPSA) is 39.5 Å². The predicted molar refractivity (Wildman–Crippen MR) is 106 cm³/mol. The molecule has 0 bridgehead atoms. The number of nitrogens with zero attached hydrogens (tertiary/aromatic N) is 3.